The molecule has 0 spiro atoms. The van der Waals surface area contributed by atoms with Crippen LogP contribution >= 0.6 is 11.6 Å². The zero-order valence-electron chi connectivity index (χ0n) is 11.4. The van der Waals surface area contributed by atoms with Gasteiger partial charge in [0.1, 0.15) is 0 Å². The van der Waals surface area contributed by atoms with Crippen LogP contribution in [0.15, 0.2) is 53.1 Å². The van der Waals surface area contributed by atoms with Crippen LogP contribution in [0.2, 0.25) is 5.02 Å². The smallest absolute Gasteiger partial charge is 0.251 e. The van der Waals surface area contributed by atoms with Crippen molar-refractivity contribution in [3.63, 3.8) is 0 Å². The second-order valence-electron chi connectivity index (χ2n) is 5.05. The van der Waals surface area contributed by atoms with Crippen molar-refractivity contribution < 1.29 is 0 Å². The van der Waals surface area contributed by atoms with Gasteiger partial charge < -0.3 is 15.6 Å². The fourth-order valence-electron chi connectivity index (χ4n) is 2.32. The molecule has 3 N–H and O–H groups in total. The summed E-state index contributed by atoms with van der Waals surface area (Å²) >= 11 is 5.87. The molecule has 0 unspecified atom stereocenters. The molecule has 108 valence electrons. The van der Waals surface area contributed by atoms with Crippen molar-refractivity contribution in [2.45, 2.75) is 12.8 Å². The fourth-order valence-corrected chi connectivity index (χ4v) is 2.44. The maximum Gasteiger partial charge on any atom is 0.251 e. The minimum Gasteiger partial charge on any atom is -0.372 e. The van der Waals surface area contributed by atoms with E-state index in [0.29, 0.717) is 17.9 Å². The summed E-state index contributed by atoms with van der Waals surface area (Å²) in [5.41, 5.74) is 3.78. The lowest BCUT2D eigenvalue weighted by atomic mass is 10.1. The SMILES string of the molecule is O=c1[nH]c(Cc2ccc(Cl)cc2)ccc1CC1=CNCN1. The molecular weight excluding hydrogens is 286 g/mol. The monoisotopic (exact) mass is 301 g/mol. The summed E-state index contributed by atoms with van der Waals surface area (Å²) in [6.07, 6.45) is 3.21. The van der Waals surface area contributed by atoms with Crippen molar-refractivity contribution >= 4 is 11.6 Å². The molecule has 0 amide bonds. The van der Waals surface area contributed by atoms with Crippen LogP contribution in [0.3, 0.4) is 0 Å². The Hall–Kier alpha value is -2.20. The first-order valence-electron chi connectivity index (χ1n) is 6.82. The molecule has 1 aliphatic rings. The Morgan fingerprint density at radius 1 is 1.05 bits per heavy atom. The van der Waals surface area contributed by atoms with Crippen LogP contribution in [0.5, 0.6) is 0 Å². The number of rotatable bonds is 4. The highest BCUT2D eigenvalue weighted by atomic mass is 35.5. The van der Waals surface area contributed by atoms with Crippen molar-refractivity contribution in [3.8, 4) is 0 Å². The third kappa shape index (κ3) is 3.47. The van der Waals surface area contributed by atoms with Gasteiger partial charge in [0, 0.05) is 41.0 Å². The lowest BCUT2D eigenvalue weighted by Crippen LogP contribution is -2.19. The van der Waals surface area contributed by atoms with E-state index >= 15 is 0 Å². The molecule has 0 aliphatic carbocycles. The van der Waals surface area contributed by atoms with Crippen LogP contribution in [0.25, 0.3) is 0 Å². The van der Waals surface area contributed by atoms with E-state index in [-0.39, 0.29) is 5.56 Å². The Morgan fingerprint density at radius 3 is 2.52 bits per heavy atom. The van der Waals surface area contributed by atoms with E-state index in [1.165, 1.54) is 0 Å². The molecule has 2 aromatic rings. The maximum atomic E-state index is 12.1. The first-order chi connectivity index (χ1) is 10.2. The van der Waals surface area contributed by atoms with Gasteiger partial charge in [0.05, 0.1) is 6.67 Å². The quantitative estimate of drug-likeness (QED) is 0.811. The van der Waals surface area contributed by atoms with Crippen molar-refractivity contribution in [1.82, 2.24) is 15.6 Å². The van der Waals surface area contributed by atoms with Crippen molar-refractivity contribution in [2.75, 3.05) is 6.67 Å². The number of pyridine rings is 1. The Balaban J connectivity index is 1.74. The molecule has 3 rings (SSSR count). The largest absolute Gasteiger partial charge is 0.372 e. The van der Waals surface area contributed by atoms with Gasteiger partial charge in [-0.2, -0.15) is 0 Å². The number of H-pyrrole nitrogens is 1. The number of hydrogen-bond donors (Lipinski definition) is 3. The molecular formula is C16H16ClN3O. The first kappa shape index (κ1) is 13.8. The van der Waals surface area contributed by atoms with Crippen LogP contribution in [-0.2, 0) is 12.8 Å². The highest BCUT2D eigenvalue weighted by Gasteiger charge is 2.07. The van der Waals surface area contributed by atoms with Crippen molar-refractivity contribution in [1.29, 1.82) is 0 Å². The first-order valence-corrected chi connectivity index (χ1v) is 7.20. The molecule has 1 aromatic carbocycles. The Kier molecular flexibility index (Phi) is 3.97. The molecule has 0 fully saturated rings. The molecule has 4 nitrogen and oxygen atoms in total. The van der Waals surface area contributed by atoms with Gasteiger partial charge in [0.25, 0.3) is 5.56 Å². The van der Waals surface area contributed by atoms with E-state index in [4.69, 9.17) is 11.6 Å². The standard InChI is InChI=1S/C16H16ClN3O/c17-13-4-1-11(2-5-13)7-14-6-3-12(16(21)20-14)8-15-9-18-10-19-15/h1-6,9,18-19H,7-8,10H2,(H,20,21). The average Bonchev–Trinajstić information content (AvgIpc) is 2.97. The minimum absolute atomic E-state index is 0.0314. The molecule has 1 aliphatic heterocycles. The molecule has 0 radical (unpaired) electrons. The van der Waals surface area contributed by atoms with Crippen molar-refractivity contribution in [2.24, 2.45) is 0 Å². The summed E-state index contributed by atoms with van der Waals surface area (Å²) in [4.78, 5) is 15.1. The van der Waals surface area contributed by atoms with E-state index in [9.17, 15) is 4.79 Å². The molecule has 0 atom stereocenters. The van der Waals surface area contributed by atoms with Gasteiger partial charge in [-0.1, -0.05) is 29.8 Å². The van der Waals surface area contributed by atoms with Gasteiger partial charge in [-0.3, -0.25) is 4.79 Å². The van der Waals surface area contributed by atoms with Crippen LogP contribution in [0.4, 0.5) is 0 Å². The van der Waals surface area contributed by atoms with Gasteiger partial charge >= 0.3 is 0 Å². The van der Waals surface area contributed by atoms with Crippen LogP contribution in [-0.4, -0.2) is 11.7 Å². The fraction of sp³-hybridized carbons (Fsp3) is 0.188. The molecule has 21 heavy (non-hydrogen) atoms. The Bertz CT molecular complexity index is 719. The molecule has 0 saturated carbocycles. The lowest BCUT2D eigenvalue weighted by molar-refractivity contribution is 0.794. The predicted octanol–water partition coefficient (Wildman–Crippen LogP) is 2.15. The number of aromatic nitrogens is 1. The summed E-state index contributed by atoms with van der Waals surface area (Å²) in [5.74, 6) is 0. The number of aromatic amines is 1. The summed E-state index contributed by atoms with van der Waals surface area (Å²) < 4.78 is 0. The second kappa shape index (κ2) is 6.06. The predicted molar refractivity (Wildman–Crippen MR) is 84.2 cm³/mol. The van der Waals surface area contributed by atoms with Crippen molar-refractivity contribution in [3.05, 3.63) is 80.5 Å². The normalized spacial score (nSPS) is 13.5. The van der Waals surface area contributed by atoms with Crippen LogP contribution in [0, 0.1) is 0 Å². The van der Waals surface area contributed by atoms with E-state index in [2.05, 4.69) is 15.6 Å². The van der Waals surface area contributed by atoms with Gasteiger partial charge in [0.2, 0.25) is 0 Å². The Morgan fingerprint density at radius 2 is 1.86 bits per heavy atom. The van der Waals surface area contributed by atoms with E-state index in [0.717, 1.165) is 29.2 Å². The Labute approximate surface area is 127 Å². The number of hydrogen-bond acceptors (Lipinski definition) is 3. The third-order valence-corrected chi connectivity index (χ3v) is 3.69. The highest BCUT2D eigenvalue weighted by Crippen LogP contribution is 2.12. The van der Waals surface area contributed by atoms with Crippen LogP contribution < -0.4 is 16.2 Å². The maximum absolute atomic E-state index is 12.1. The number of halogens is 1. The zero-order valence-corrected chi connectivity index (χ0v) is 12.2. The second-order valence-corrected chi connectivity index (χ2v) is 5.48. The molecule has 5 heteroatoms. The molecule has 0 bridgehead atoms. The summed E-state index contributed by atoms with van der Waals surface area (Å²) in [5, 5.41) is 6.96. The highest BCUT2D eigenvalue weighted by molar-refractivity contribution is 6.30. The van der Waals surface area contributed by atoms with Gasteiger partial charge in [-0.15, -0.1) is 0 Å². The van der Waals surface area contributed by atoms with E-state index < -0.39 is 0 Å². The molecule has 0 saturated heterocycles. The topological polar surface area (TPSA) is 56.9 Å². The molecule has 2 heterocycles. The summed E-state index contributed by atoms with van der Waals surface area (Å²) in [7, 11) is 0. The lowest BCUT2D eigenvalue weighted by Gasteiger charge is -2.06. The average molecular weight is 302 g/mol. The van der Waals surface area contributed by atoms with Gasteiger partial charge in [-0.05, 0) is 23.8 Å². The summed E-state index contributed by atoms with van der Waals surface area (Å²) in [6, 6.07) is 11.5. The van der Waals surface area contributed by atoms with Gasteiger partial charge in [0.15, 0.2) is 0 Å². The number of benzene rings is 1. The minimum atomic E-state index is -0.0314. The van der Waals surface area contributed by atoms with Gasteiger partial charge in [-0.25, -0.2) is 0 Å². The zero-order chi connectivity index (χ0) is 14.7. The summed E-state index contributed by atoms with van der Waals surface area (Å²) in [6.45, 7) is 0.724. The van der Waals surface area contributed by atoms with E-state index in [1.807, 2.05) is 42.6 Å². The number of allylic oxidation sites excluding steroid dienone is 1. The third-order valence-electron chi connectivity index (χ3n) is 3.43. The number of nitrogens with one attached hydrogen (secondary N) is 3. The van der Waals surface area contributed by atoms with E-state index in [1.54, 1.807) is 0 Å². The van der Waals surface area contributed by atoms with Crippen LogP contribution in [0.1, 0.15) is 16.8 Å². The molecule has 1 aromatic heterocycles.